The van der Waals surface area contributed by atoms with Crippen molar-refractivity contribution in [3.63, 3.8) is 0 Å². The van der Waals surface area contributed by atoms with Gasteiger partial charge in [0.2, 0.25) is 0 Å². The molecule has 0 amide bonds. The average molecular weight is 618 g/mol. The number of rotatable bonds is 7. The molecular weight excluding hydrogens is 591 g/mol. The predicted molar refractivity (Wildman–Crippen MR) is 152 cm³/mol. The van der Waals surface area contributed by atoms with E-state index >= 15 is 0 Å². The molecule has 1 aliphatic heterocycles. The van der Waals surface area contributed by atoms with Crippen molar-refractivity contribution in [1.82, 2.24) is 14.1 Å². The number of nitrogens with zero attached hydrogens (tertiary/aromatic N) is 3. The van der Waals surface area contributed by atoms with E-state index in [0.29, 0.717) is 9.33 Å². The number of alkyl halides is 3. The van der Waals surface area contributed by atoms with Gasteiger partial charge in [-0.1, -0.05) is 41.9 Å². The van der Waals surface area contributed by atoms with Crippen LogP contribution in [0.25, 0.3) is 10.9 Å². The van der Waals surface area contributed by atoms with Gasteiger partial charge in [-0.25, -0.2) is 13.2 Å². The first-order chi connectivity index (χ1) is 19.9. The fourth-order valence-electron chi connectivity index (χ4n) is 5.89. The lowest BCUT2D eigenvalue weighted by atomic mass is 9.83. The molecule has 1 N–H and O–H groups in total. The molecule has 1 unspecified atom stereocenters. The summed E-state index contributed by atoms with van der Waals surface area (Å²) in [6.45, 7) is -0.431. The summed E-state index contributed by atoms with van der Waals surface area (Å²) in [6, 6.07) is 20.3. The fourth-order valence-corrected chi connectivity index (χ4v) is 7.00. The smallest absolute Gasteiger partial charge is 0.478 e. The van der Waals surface area contributed by atoms with E-state index in [2.05, 4.69) is 6.07 Å². The van der Waals surface area contributed by atoms with Crippen LogP contribution in [0.1, 0.15) is 76.3 Å². The molecule has 0 radical (unpaired) electrons. The Morgan fingerprint density at radius 2 is 1.48 bits per heavy atom. The van der Waals surface area contributed by atoms with Crippen LogP contribution in [-0.2, 0) is 10.0 Å². The topological polar surface area (TPSA) is 92.5 Å². The summed E-state index contributed by atoms with van der Waals surface area (Å²) in [5, 5.41) is 15.7. The van der Waals surface area contributed by atoms with E-state index in [1.54, 1.807) is 36.4 Å². The molecule has 1 aromatic heterocycles. The van der Waals surface area contributed by atoms with Gasteiger partial charge in [0.15, 0.2) is 0 Å². The molecule has 2 aliphatic rings. The van der Waals surface area contributed by atoms with Crippen molar-refractivity contribution in [1.29, 1.82) is 0 Å². The Balaban J connectivity index is 1.41. The average Bonchev–Trinajstić information content (AvgIpc) is 3.74. The van der Waals surface area contributed by atoms with E-state index in [-0.39, 0.29) is 49.4 Å². The highest BCUT2D eigenvalue weighted by Gasteiger charge is 2.50. The van der Waals surface area contributed by atoms with Gasteiger partial charge in [0, 0.05) is 41.0 Å². The van der Waals surface area contributed by atoms with E-state index in [4.69, 9.17) is 16.7 Å². The molecule has 12 heteroatoms. The Morgan fingerprint density at radius 3 is 2.02 bits per heavy atom. The normalized spacial score (nSPS) is 17.9. The molecule has 6 rings (SSSR count). The first-order valence-electron chi connectivity index (χ1n) is 13.6. The van der Waals surface area contributed by atoms with Crippen LogP contribution < -0.4 is 0 Å². The molecule has 2 fully saturated rings. The van der Waals surface area contributed by atoms with Crippen molar-refractivity contribution in [3.05, 3.63) is 99.7 Å². The lowest BCUT2D eigenvalue weighted by molar-refractivity contribution is -0.0494. The number of piperidine rings is 1. The number of aromatic carboxylic acids is 1. The number of hydrogen-bond donors (Lipinski definition) is 1. The molecule has 0 spiro atoms. The minimum Gasteiger partial charge on any atom is -0.478 e. The van der Waals surface area contributed by atoms with Crippen LogP contribution in [-0.4, -0.2) is 52.2 Å². The SMILES string of the molecule is O=C(O)c1ccc(C(c2ccc(Cl)cc2)c2ccc3nn(C4CC4)c(C4CCN(S(=O)(=O)C(F)(F)F)CC4)c3c2)cc1. The zero-order valence-electron chi connectivity index (χ0n) is 22.3. The second-order valence-corrected chi connectivity index (χ2v) is 13.2. The Morgan fingerprint density at radius 1 is 0.905 bits per heavy atom. The van der Waals surface area contributed by atoms with Gasteiger partial charge in [-0.05, 0) is 78.8 Å². The van der Waals surface area contributed by atoms with Crippen LogP contribution in [0.15, 0.2) is 66.7 Å². The molecule has 1 aliphatic carbocycles. The lowest BCUT2D eigenvalue weighted by Crippen LogP contribution is -2.44. The first kappa shape index (κ1) is 28.7. The summed E-state index contributed by atoms with van der Waals surface area (Å²) in [4.78, 5) is 11.5. The van der Waals surface area contributed by atoms with E-state index in [0.717, 1.165) is 46.1 Å². The van der Waals surface area contributed by atoms with E-state index in [9.17, 15) is 31.5 Å². The van der Waals surface area contributed by atoms with Crippen molar-refractivity contribution < 1.29 is 31.5 Å². The molecule has 42 heavy (non-hydrogen) atoms. The standard InChI is InChI=1S/C30H27ClF3N3O4S/c31-23-8-5-19(6-9-23)27(18-1-3-21(4-2-18)29(38)39)22-7-12-26-25(17-22)28(37(35-26)24-10-11-24)20-13-15-36(16-14-20)42(40,41)30(32,33)34/h1-9,12,17,20,24,27H,10-11,13-16H2,(H,38,39). The van der Waals surface area contributed by atoms with Crippen LogP contribution in [0.4, 0.5) is 13.2 Å². The first-order valence-corrected chi connectivity index (χ1v) is 15.4. The molecule has 1 saturated heterocycles. The number of sulfonamides is 1. The van der Waals surface area contributed by atoms with Crippen molar-refractivity contribution in [2.75, 3.05) is 13.1 Å². The summed E-state index contributed by atoms with van der Waals surface area (Å²) in [5.41, 5.74) is -0.697. The molecule has 220 valence electrons. The monoisotopic (exact) mass is 617 g/mol. The second kappa shape index (κ2) is 10.7. The largest absolute Gasteiger partial charge is 0.511 e. The summed E-state index contributed by atoms with van der Waals surface area (Å²) < 4.78 is 66.1. The van der Waals surface area contributed by atoms with E-state index in [1.807, 2.05) is 28.9 Å². The van der Waals surface area contributed by atoms with Gasteiger partial charge in [0.25, 0.3) is 0 Å². The van der Waals surface area contributed by atoms with Gasteiger partial charge in [-0.2, -0.15) is 22.6 Å². The number of halogens is 4. The maximum atomic E-state index is 13.2. The van der Waals surface area contributed by atoms with Crippen LogP contribution in [0, 0.1) is 0 Å². The molecule has 3 aromatic carbocycles. The van der Waals surface area contributed by atoms with E-state index < -0.39 is 21.5 Å². The molecule has 7 nitrogen and oxygen atoms in total. The van der Waals surface area contributed by atoms with Crippen molar-refractivity contribution in [2.24, 2.45) is 0 Å². The van der Waals surface area contributed by atoms with Crippen LogP contribution >= 0.6 is 11.6 Å². The molecule has 1 atom stereocenters. The highest BCUT2D eigenvalue weighted by atomic mass is 35.5. The third kappa shape index (κ3) is 5.29. The molecule has 0 bridgehead atoms. The number of carbonyl (C=O) groups is 1. The van der Waals surface area contributed by atoms with E-state index in [1.165, 1.54) is 0 Å². The van der Waals surface area contributed by atoms with Gasteiger partial charge < -0.3 is 5.11 Å². The van der Waals surface area contributed by atoms with Crippen LogP contribution in [0.5, 0.6) is 0 Å². The highest BCUT2D eigenvalue weighted by Crippen LogP contribution is 2.44. The van der Waals surface area contributed by atoms with Gasteiger partial charge >= 0.3 is 21.5 Å². The summed E-state index contributed by atoms with van der Waals surface area (Å²) >= 11 is 6.17. The number of hydrogen-bond acceptors (Lipinski definition) is 4. The Kier molecular flexibility index (Phi) is 7.31. The number of fused-ring (bicyclic) bond motifs is 1. The zero-order valence-corrected chi connectivity index (χ0v) is 23.8. The van der Waals surface area contributed by atoms with Gasteiger partial charge in [-0.15, -0.1) is 0 Å². The minimum atomic E-state index is -5.37. The number of benzene rings is 3. The molecule has 4 aromatic rings. The Bertz CT molecular complexity index is 1740. The third-order valence-electron chi connectivity index (χ3n) is 8.15. The number of aromatic nitrogens is 2. The lowest BCUT2D eigenvalue weighted by Gasteiger charge is -2.32. The maximum Gasteiger partial charge on any atom is 0.511 e. The fraction of sp³-hybridized carbons (Fsp3) is 0.333. The molecular formula is C30H27ClF3N3O4S. The van der Waals surface area contributed by atoms with Gasteiger partial charge in [0.05, 0.1) is 17.1 Å². The number of carboxylic acid groups (broad SMARTS) is 1. The van der Waals surface area contributed by atoms with Crippen LogP contribution in [0.3, 0.4) is 0 Å². The Hall–Kier alpha value is -3.41. The quantitative estimate of drug-likeness (QED) is 0.227. The zero-order chi connectivity index (χ0) is 29.8. The van der Waals surface area contributed by atoms with Gasteiger partial charge in [0.1, 0.15) is 0 Å². The predicted octanol–water partition coefficient (Wildman–Crippen LogP) is 6.93. The summed E-state index contributed by atoms with van der Waals surface area (Å²) in [5.74, 6) is -1.43. The number of carboxylic acids is 1. The summed E-state index contributed by atoms with van der Waals surface area (Å²) in [6.07, 6.45) is 2.42. The molecule has 1 saturated carbocycles. The minimum absolute atomic E-state index is 0.158. The third-order valence-corrected chi connectivity index (χ3v) is 10.0. The van der Waals surface area contributed by atoms with Crippen LogP contribution in [0.2, 0.25) is 5.02 Å². The highest BCUT2D eigenvalue weighted by molar-refractivity contribution is 7.90. The summed E-state index contributed by atoms with van der Waals surface area (Å²) in [7, 11) is -5.37. The second-order valence-electron chi connectivity index (χ2n) is 10.9. The molecule has 2 heterocycles. The van der Waals surface area contributed by atoms with Crippen molar-refractivity contribution in [3.8, 4) is 0 Å². The van der Waals surface area contributed by atoms with Gasteiger partial charge in [-0.3, -0.25) is 4.68 Å². The van der Waals surface area contributed by atoms with Crippen molar-refractivity contribution in [2.45, 2.75) is 49.1 Å². The maximum absolute atomic E-state index is 13.2. The Labute approximate surface area is 245 Å². The van der Waals surface area contributed by atoms with Crippen molar-refractivity contribution >= 4 is 38.5 Å².